The van der Waals surface area contributed by atoms with Crippen LogP contribution in [0, 0.1) is 0 Å². The lowest BCUT2D eigenvalue weighted by molar-refractivity contribution is 0.473. The summed E-state index contributed by atoms with van der Waals surface area (Å²) in [5.74, 6) is 0.217. The van der Waals surface area contributed by atoms with Crippen molar-refractivity contribution < 1.29 is 5.11 Å². The van der Waals surface area contributed by atoms with Gasteiger partial charge in [-0.1, -0.05) is 31.2 Å². The van der Waals surface area contributed by atoms with E-state index in [1.54, 1.807) is 37.0 Å². The van der Waals surface area contributed by atoms with Crippen LogP contribution >= 0.6 is 0 Å². The van der Waals surface area contributed by atoms with Crippen LogP contribution in [0.15, 0.2) is 83.0 Å². The van der Waals surface area contributed by atoms with Crippen molar-refractivity contribution in [2.24, 2.45) is 9.98 Å². The van der Waals surface area contributed by atoms with Crippen LogP contribution in [0.4, 0.5) is 0 Å². The highest BCUT2D eigenvalue weighted by Crippen LogP contribution is 2.23. The van der Waals surface area contributed by atoms with Gasteiger partial charge < -0.3 is 5.11 Å². The van der Waals surface area contributed by atoms with E-state index in [-0.39, 0.29) is 11.2 Å². The van der Waals surface area contributed by atoms with Gasteiger partial charge in [0.1, 0.15) is 5.75 Å². The maximum Gasteiger partial charge on any atom is 0.124 e. The minimum atomic E-state index is -0.368. The van der Waals surface area contributed by atoms with E-state index in [0.717, 1.165) is 11.4 Å². The zero-order chi connectivity index (χ0) is 19.0. The van der Waals surface area contributed by atoms with Gasteiger partial charge in [-0.3, -0.25) is 20.0 Å². The van der Waals surface area contributed by atoms with Gasteiger partial charge in [-0.05, 0) is 36.4 Å². The highest BCUT2D eigenvalue weighted by Gasteiger charge is 2.27. The quantitative estimate of drug-likeness (QED) is 0.655. The van der Waals surface area contributed by atoms with Crippen LogP contribution in [0.2, 0.25) is 0 Å². The topological polar surface area (TPSA) is 70.7 Å². The molecule has 3 rings (SSSR count). The SMILES string of the molecule is CC(CN=Cc1ccccn1)(CN=Cc1ccccc1O)c1ccccn1. The average molecular weight is 358 g/mol. The van der Waals surface area contributed by atoms with Crippen molar-refractivity contribution >= 4 is 12.4 Å². The van der Waals surface area contributed by atoms with Gasteiger partial charge >= 0.3 is 0 Å². The normalized spacial score (nSPS) is 13.8. The van der Waals surface area contributed by atoms with Crippen LogP contribution in [0.3, 0.4) is 0 Å². The van der Waals surface area contributed by atoms with E-state index in [1.165, 1.54) is 0 Å². The van der Waals surface area contributed by atoms with E-state index >= 15 is 0 Å². The summed E-state index contributed by atoms with van der Waals surface area (Å²) in [6, 6.07) is 18.7. The van der Waals surface area contributed by atoms with Gasteiger partial charge in [0.15, 0.2) is 0 Å². The summed E-state index contributed by atoms with van der Waals surface area (Å²) in [4.78, 5) is 17.9. The molecule has 2 heterocycles. The third kappa shape index (κ3) is 5.07. The zero-order valence-corrected chi connectivity index (χ0v) is 15.2. The Morgan fingerprint density at radius 2 is 1.52 bits per heavy atom. The first-order chi connectivity index (χ1) is 13.2. The minimum Gasteiger partial charge on any atom is -0.507 e. The van der Waals surface area contributed by atoms with Crippen molar-refractivity contribution in [3.05, 3.63) is 90.0 Å². The zero-order valence-electron chi connectivity index (χ0n) is 15.2. The maximum atomic E-state index is 9.89. The molecule has 1 aromatic carbocycles. The number of aromatic hydroxyl groups is 1. The van der Waals surface area contributed by atoms with E-state index in [9.17, 15) is 5.11 Å². The number of rotatable bonds is 7. The molecule has 0 saturated carbocycles. The summed E-state index contributed by atoms with van der Waals surface area (Å²) < 4.78 is 0. The number of hydrogen-bond donors (Lipinski definition) is 1. The van der Waals surface area contributed by atoms with Gasteiger partial charge in [0.2, 0.25) is 0 Å². The van der Waals surface area contributed by atoms with E-state index in [4.69, 9.17) is 0 Å². The number of benzene rings is 1. The summed E-state index contributed by atoms with van der Waals surface area (Å²) in [5, 5.41) is 9.89. The average Bonchev–Trinajstić information content (AvgIpc) is 2.71. The standard InChI is InChI=1S/C22H22N4O/c1-22(21-11-5-7-13-26-21,17-24-15-19-9-4-6-12-25-19)16-23-14-18-8-2-3-10-20(18)27/h2-15,27H,16-17H2,1H3. The first-order valence-electron chi connectivity index (χ1n) is 8.78. The minimum absolute atomic E-state index is 0.217. The monoisotopic (exact) mass is 358 g/mol. The summed E-state index contributed by atoms with van der Waals surface area (Å²) in [6.45, 7) is 3.11. The molecule has 0 saturated heterocycles. The van der Waals surface area contributed by atoms with Gasteiger partial charge in [0.05, 0.1) is 18.8 Å². The van der Waals surface area contributed by atoms with Crippen molar-refractivity contribution in [3.8, 4) is 5.75 Å². The van der Waals surface area contributed by atoms with E-state index in [0.29, 0.717) is 18.7 Å². The first-order valence-corrected chi connectivity index (χ1v) is 8.78. The van der Waals surface area contributed by atoms with Crippen LogP contribution in [-0.2, 0) is 5.41 Å². The number of para-hydroxylation sites is 1. The van der Waals surface area contributed by atoms with Crippen LogP contribution < -0.4 is 0 Å². The largest absolute Gasteiger partial charge is 0.507 e. The summed E-state index contributed by atoms with van der Waals surface area (Å²) >= 11 is 0. The van der Waals surface area contributed by atoms with E-state index in [1.807, 2.05) is 48.5 Å². The Labute approximate surface area is 159 Å². The predicted octanol–water partition coefficient (Wildman–Crippen LogP) is 3.68. The van der Waals surface area contributed by atoms with Crippen molar-refractivity contribution in [2.75, 3.05) is 13.1 Å². The number of phenolic OH excluding ortho intramolecular Hbond substituents is 1. The van der Waals surface area contributed by atoms with Gasteiger partial charge in [-0.2, -0.15) is 0 Å². The Kier molecular flexibility index (Phi) is 6.05. The highest BCUT2D eigenvalue weighted by molar-refractivity contribution is 5.83. The molecule has 0 radical (unpaired) electrons. The molecule has 1 unspecified atom stereocenters. The molecule has 2 aromatic heterocycles. The summed E-state index contributed by atoms with van der Waals surface area (Å²) in [7, 11) is 0. The molecule has 27 heavy (non-hydrogen) atoms. The summed E-state index contributed by atoms with van der Waals surface area (Å²) in [6.07, 6.45) is 6.99. The molecule has 5 heteroatoms. The predicted molar refractivity (Wildman–Crippen MR) is 109 cm³/mol. The van der Waals surface area contributed by atoms with Crippen LogP contribution in [0.1, 0.15) is 23.9 Å². The fraction of sp³-hybridized carbons (Fsp3) is 0.182. The lowest BCUT2D eigenvalue weighted by Gasteiger charge is -2.25. The van der Waals surface area contributed by atoms with Gasteiger partial charge in [0.25, 0.3) is 0 Å². The second kappa shape index (κ2) is 8.85. The third-order valence-corrected chi connectivity index (χ3v) is 4.24. The van der Waals surface area contributed by atoms with Gasteiger partial charge in [0, 0.05) is 41.5 Å². The number of nitrogens with zero attached hydrogens (tertiary/aromatic N) is 4. The van der Waals surface area contributed by atoms with Crippen molar-refractivity contribution in [1.82, 2.24) is 9.97 Å². The second-order valence-electron chi connectivity index (χ2n) is 6.53. The lowest BCUT2D eigenvalue weighted by Crippen LogP contribution is -2.31. The highest BCUT2D eigenvalue weighted by atomic mass is 16.3. The fourth-order valence-electron chi connectivity index (χ4n) is 2.67. The Hall–Kier alpha value is -3.34. The molecular formula is C22H22N4O. The van der Waals surface area contributed by atoms with Crippen molar-refractivity contribution in [2.45, 2.75) is 12.3 Å². The smallest absolute Gasteiger partial charge is 0.124 e. The number of aliphatic imine (C=N–C) groups is 2. The molecular weight excluding hydrogens is 336 g/mol. The summed E-state index contributed by atoms with van der Waals surface area (Å²) in [5.41, 5.74) is 2.07. The number of hydrogen-bond acceptors (Lipinski definition) is 5. The number of pyridine rings is 2. The van der Waals surface area contributed by atoms with E-state index < -0.39 is 0 Å². The molecule has 136 valence electrons. The van der Waals surface area contributed by atoms with Crippen LogP contribution in [0.5, 0.6) is 5.75 Å². The first kappa shape index (κ1) is 18.5. The Balaban J connectivity index is 1.78. The molecule has 3 aromatic rings. The molecule has 0 fully saturated rings. The molecule has 1 atom stereocenters. The van der Waals surface area contributed by atoms with Gasteiger partial charge in [-0.15, -0.1) is 0 Å². The third-order valence-electron chi connectivity index (χ3n) is 4.24. The van der Waals surface area contributed by atoms with Crippen LogP contribution in [0.25, 0.3) is 0 Å². The molecule has 5 nitrogen and oxygen atoms in total. The lowest BCUT2D eigenvalue weighted by atomic mass is 9.86. The van der Waals surface area contributed by atoms with Gasteiger partial charge in [-0.25, -0.2) is 0 Å². The van der Waals surface area contributed by atoms with Crippen LogP contribution in [-0.4, -0.2) is 40.6 Å². The number of phenols is 1. The Morgan fingerprint density at radius 3 is 2.19 bits per heavy atom. The Morgan fingerprint density at radius 1 is 0.852 bits per heavy atom. The maximum absolute atomic E-state index is 9.89. The molecule has 0 aliphatic rings. The molecule has 0 aliphatic carbocycles. The van der Waals surface area contributed by atoms with Crippen molar-refractivity contribution in [3.63, 3.8) is 0 Å². The molecule has 0 spiro atoms. The molecule has 0 amide bonds. The molecule has 0 aliphatic heterocycles. The molecule has 1 N–H and O–H groups in total. The molecule has 0 bridgehead atoms. The fourth-order valence-corrected chi connectivity index (χ4v) is 2.67. The Bertz CT molecular complexity index is 910. The number of aromatic nitrogens is 2. The van der Waals surface area contributed by atoms with Crippen molar-refractivity contribution in [1.29, 1.82) is 0 Å². The second-order valence-corrected chi connectivity index (χ2v) is 6.53. The van der Waals surface area contributed by atoms with E-state index in [2.05, 4.69) is 26.9 Å².